The zero-order valence-corrected chi connectivity index (χ0v) is 13.5. The minimum Gasteiger partial charge on any atom is -0.452 e. The minimum atomic E-state index is -0.856. The molecule has 1 aromatic rings. The number of morpholine rings is 1. The Morgan fingerprint density at radius 1 is 1.36 bits per heavy atom. The largest absolute Gasteiger partial charge is 0.452 e. The lowest BCUT2D eigenvalue weighted by Crippen LogP contribution is -2.42. The fourth-order valence-corrected chi connectivity index (χ4v) is 2.27. The highest BCUT2D eigenvalue weighted by Crippen LogP contribution is 2.23. The van der Waals surface area contributed by atoms with E-state index in [-0.39, 0.29) is 36.0 Å². The zero-order chi connectivity index (χ0) is 18.2. The number of nitro benzene ring substituents is 1. The first-order valence-electron chi connectivity index (χ1n) is 7.68. The highest BCUT2D eigenvalue weighted by atomic mass is 16.6. The summed E-state index contributed by atoms with van der Waals surface area (Å²) in [5.41, 5.74) is -0.0677. The third-order valence-electron chi connectivity index (χ3n) is 3.55. The summed E-state index contributed by atoms with van der Waals surface area (Å²) in [4.78, 5) is 36.0. The van der Waals surface area contributed by atoms with E-state index in [0.717, 1.165) is 6.07 Å². The third-order valence-corrected chi connectivity index (χ3v) is 3.55. The van der Waals surface area contributed by atoms with E-state index in [9.17, 15) is 19.7 Å². The van der Waals surface area contributed by atoms with E-state index in [0.29, 0.717) is 26.3 Å². The van der Waals surface area contributed by atoms with E-state index in [4.69, 9.17) is 14.6 Å². The van der Waals surface area contributed by atoms with Gasteiger partial charge in [-0.25, -0.2) is 4.79 Å². The summed E-state index contributed by atoms with van der Waals surface area (Å²) < 4.78 is 10.1. The smallest absolute Gasteiger partial charge is 0.341 e. The number of esters is 1. The van der Waals surface area contributed by atoms with E-state index in [1.165, 1.54) is 17.0 Å². The number of nitrogens with one attached hydrogen (secondary N) is 1. The molecule has 1 aromatic carbocycles. The maximum atomic E-state index is 12.2. The Labute approximate surface area is 143 Å². The van der Waals surface area contributed by atoms with Crippen molar-refractivity contribution in [1.82, 2.24) is 4.90 Å². The highest BCUT2D eigenvalue weighted by molar-refractivity contribution is 5.97. The second-order valence-corrected chi connectivity index (χ2v) is 5.21. The topological polar surface area (TPSA) is 131 Å². The van der Waals surface area contributed by atoms with Gasteiger partial charge in [-0.2, -0.15) is 0 Å². The number of anilines is 1. The summed E-state index contributed by atoms with van der Waals surface area (Å²) in [5.74, 6) is -1.21. The molecule has 2 N–H and O–H groups in total. The number of hydrogen-bond donors (Lipinski definition) is 2. The van der Waals surface area contributed by atoms with Gasteiger partial charge in [-0.05, 0) is 6.07 Å². The van der Waals surface area contributed by atoms with Crippen LogP contribution in [-0.4, -0.2) is 72.9 Å². The average molecular weight is 353 g/mol. The number of nitrogens with zero attached hydrogens (tertiary/aromatic N) is 2. The highest BCUT2D eigenvalue weighted by Gasteiger charge is 2.21. The molecule has 2 rings (SSSR count). The number of aliphatic hydroxyl groups is 1. The van der Waals surface area contributed by atoms with Gasteiger partial charge in [0.05, 0.1) is 30.3 Å². The molecule has 0 atom stereocenters. The van der Waals surface area contributed by atoms with Crippen LogP contribution < -0.4 is 5.32 Å². The standard InChI is InChI=1S/C15H19N3O7/c19-6-3-16-13-2-1-11(18(22)23)9-12(13)15(21)25-10-14(20)17-4-7-24-8-5-17/h1-2,9,16,19H,3-8,10H2. The number of carbonyl (C=O) groups is 2. The minimum absolute atomic E-state index is 0.0718. The van der Waals surface area contributed by atoms with E-state index in [2.05, 4.69) is 5.32 Å². The van der Waals surface area contributed by atoms with Crippen molar-refractivity contribution in [3.8, 4) is 0 Å². The van der Waals surface area contributed by atoms with E-state index >= 15 is 0 Å². The van der Waals surface area contributed by atoms with Crippen molar-refractivity contribution in [2.24, 2.45) is 0 Å². The van der Waals surface area contributed by atoms with Crippen LogP contribution in [0.5, 0.6) is 0 Å². The maximum Gasteiger partial charge on any atom is 0.341 e. The van der Waals surface area contributed by atoms with Gasteiger partial charge in [-0.1, -0.05) is 0 Å². The third kappa shape index (κ3) is 5.13. The number of rotatable bonds is 7. The molecule has 0 radical (unpaired) electrons. The first kappa shape index (κ1) is 18.6. The van der Waals surface area contributed by atoms with Gasteiger partial charge < -0.3 is 24.8 Å². The van der Waals surface area contributed by atoms with Crippen molar-refractivity contribution in [2.45, 2.75) is 0 Å². The molecule has 0 saturated carbocycles. The number of non-ortho nitro benzene ring substituents is 1. The lowest BCUT2D eigenvalue weighted by atomic mass is 10.1. The summed E-state index contributed by atoms with van der Waals surface area (Å²) >= 11 is 0. The molecule has 1 amide bonds. The van der Waals surface area contributed by atoms with Crippen molar-refractivity contribution < 1.29 is 29.1 Å². The molecule has 1 aliphatic rings. The number of hydrogen-bond acceptors (Lipinski definition) is 8. The predicted octanol–water partition coefficient (Wildman–Crippen LogP) is 0.0146. The van der Waals surface area contributed by atoms with Crippen molar-refractivity contribution in [1.29, 1.82) is 0 Å². The second kappa shape index (κ2) is 8.94. The Morgan fingerprint density at radius 2 is 2.08 bits per heavy atom. The van der Waals surface area contributed by atoms with E-state index in [1.807, 2.05) is 0 Å². The number of ether oxygens (including phenoxy) is 2. The van der Waals surface area contributed by atoms with Gasteiger partial charge in [-0.3, -0.25) is 14.9 Å². The number of nitro groups is 1. The van der Waals surface area contributed by atoms with E-state index in [1.54, 1.807) is 0 Å². The second-order valence-electron chi connectivity index (χ2n) is 5.21. The Balaban J connectivity index is 2.06. The zero-order valence-electron chi connectivity index (χ0n) is 13.5. The molecule has 1 aliphatic heterocycles. The molecule has 10 nitrogen and oxygen atoms in total. The van der Waals surface area contributed by atoms with Crippen LogP contribution in [0.1, 0.15) is 10.4 Å². The molecular formula is C15H19N3O7. The number of amides is 1. The Morgan fingerprint density at radius 3 is 2.72 bits per heavy atom. The van der Waals surface area contributed by atoms with Gasteiger partial charge in [-0.15, -0.1) is 0 Å². The molecular weight excluding hydrogens is 334 g/mol. The molecule has 10 heteroatoms. The van der Waals surface area contributed by atoms with Crippen LogP contribution in [0.15, 0.2) is 18.2 Å². The molecule has 25 heavy (non-hydrogen) atoms. The normalized spacial score (nSPS) is 14.0. The molecule has 1 saturated heterocycles. The van der Waals surface area contributed by atoms with Gasteiger partial charge in [0.25, 0.3) is 11.6 Å². The Kier molecular flexibility index (Phi) is 6.66. The van der Waals surface area contributed by atoms with Crippen molar-refractivity contribution in [3.63, 3.8) is 0 Å². The van der Waals surface area contributed by atoms with Crippen LogP contribution in [0.4, 0.5) is 11.4 Å². The summed E-state index contributed by atoms with van der Waals surface area (Å²) in [7, 11) is 0. The molecule has 0 unspecified atom stereocenters. The lowest BCUT2D eigenvalue weighted by Gasteiger charge is -2.26. The Bertz CT molecular complexity index is 644. The monoisotopic (exact) mass is 353 g/mol. The van der Waals surface area contributed by atoms with Crippen LogP contribution in [0.3, 0.4) is 0 Å². The summed E-state index contributed by atoms with van der Waals surface area (Å²) in [6.45, 7) is 1.24. The van der Waals surface area contributed by atoms with Crippen LogP contribution in [0.2, 0.25) is 0 Å². The van der Waals surface area contributed by atoms with Crippen molar-refractivity contribution in [3.05, 3.63) is 33.9 Å². The predicted molar refractivity (Wildman–Crippen MR) is 86.4 cm³/mol. The molecule has 0 bridgehead atoms. The molecule has 0 aliphatic carbocycles. The van der Waals surface area contributed by atoms with Crippen molar-refractivity contribution >= 4 is 23.3 Å². The van der Waals surface area contributed by atoms with Crippen LogP contribution >= 0.6 is 0 Å². The molecule has 136 valence electrons. The van der Waals surface area contributed by atoms with E-state index < -0.39 is 17.5 Å². The van der Waals surface area contributed by atoms with Gasteiger partial charge in [0.1, 0.15) is 0 Å². The number of aliphatic hydroxyl groups excluding tert-OH is 1. The summed E-state index contributed by atoms with van der Waals surface area (Å²) in [6.07, 6.45) is 0. The number of carbonyl (C=O) groups excluding carboxylic acids is 2. The number of benzene rings is 1. The van der Waals surface area contributed by atoms with Gasteiger partial charge in [0.15, 0.2) is 6.61 Å². The SMILES string of the molecule is O=C(OCC(=O)N1CCOCC1)c1cc([N+](=O)[O-])ccc1NCCO. The molecule has 0 aromatic heterocycles. The molecule has 0 spiro atoms. The fraction of sp³-hybridized carbons (Fsp3) is 0.467. The first-order valence-corrected chi connectivity index (χ1v) is 7.68. The summed E-state index contributed by atoms with van der Waals surface area (Å²) in [5, 5.41) is 22.5. The quantitative estimate of drug-likeness (QED) is 0.398. The van der Waals surface area contributed by atoms with Gasteiger partial charge >= 0.3 is 5.97 Å². The van der Waals surface area contributed by atoms with Gasteiger partial charge in [0.2, 0.25) is 0 Å². The summed E-state index contributed by atoms with van der Waals surface area (Å²) in [6, 6.07) is 3.66. The van der Waals surface area contributed by atoms with Crippen LogP contribution in [0, 0.1) is 10.1 Å². The van der Waals surface area contributed by atoms with Crippen molar-refractivity contribution in [2.75, 3.05) is 51.4 Å². The lowest BCUT2D eigenvalue weighted by molar-refractivity contribution is -0.384. The molecule has 1 fully saturated rings. The first-order chi connectivity index (χ1) is 12.0. The van der Waals surface area contributed by atoms with Gasteiger partial charge in [0, 0.05) is 37.5 Å². The van der Waals surface area contributed by atoms with Crippen LogP contribution in [-0.2, 0) is 14.3 Å². The maximum absolute atomic E-state index is 12.2. The average Bonchev–Trinajstić information content (AvgIpc) is 2.64. The Hall–Kier alpha value is -2.72. The van der Waals surface area contributed by atoms with Crippen LogP contribution in [0.25, 0.3) is 0 Å². The fourth-order valence-electron chi connectivity index (χ4n) is 2.27. The molecule has 1 heterocycles.